The number of oxime groups is 1. The summed E-state index contributed by atoms with van der Waals surface area (Å²) < 4.78 is 56.3. The average molecular weight is 433 g/mol. The molecule has 0 spiro atoms. The van der Waals surface area contributed by atoms with Crippen LogP contribution in [0.15, 0.2) is 29.6 Å². The van der Waals surface area contributed by atoms with E-state index in [-0.39, 0.29) is 10.4 Å². The number of halogens is 6. The third-order valence-corrected chi connectivity index (χ3v) is 2.90. The number of nitriles is 1. The van der Waals surface area contributed by atoms with Crippen molar-refractivity contribution in [1.82, 2.24) is 9.88 Å². The number of amidine groups is 1. The van der Waals surface area contributed by atoms with E-state index in [0.29, 0.717) is 24.9 Å². The Morgan fingerprint density at radius 2 is 1.82 bits per heavy atom. The summed E-state index contributed by atoms with van der Waals surface area (Å²) in [6, 6.07) is 7.89. The summed E-state index contributed by atoms with van der Waals surface area (Å²) in [6.07, 6.45) is 1.61. The van der Waals surface area contributed by atoms with Gasteiger partial charge in [0, 0.05) is 6.20 Å². The van der Waals surface area contributed by atoms with Crippen LogP contribution in [0.4, 0.5) is 21.0 Å². The molecule has 28 heavy (non-hydrogen) atoms. The van der Waals surface area contributed by atoms with E-state index in [1.807, 2.05) is 29.6 Å². The summed E-state index contributed by atoms with van der Waals surface area (Å²) in [5.41, 5.74) is 0.628. The van der Waals surface area contributed by atoms with E-state index in [4.69, 9.17) is 9.57 Å². The van der Waals surface area contributed by atoms with Gasteiger partial charge in [-0.15, -0.1) is 0 Å². The molecule has 0 bridgehead atoms. The molecule has 14 heteroatoms. The molecule has 0 N–H and O–H groups in total. The van der Waals surface area contributed by atoms with Crippen LogP contribution in [-0.2, 0) is 9.57 Å². The number of morpholine rings is 1. The number of hydrogen-bond donors (Lipinski definition) is 0. The number of hydrogen-bond acceptors (Lipinski definition) is 5. The molecule has 0 atom stereocenters. The quantitative estimate of drug-likeness (QED) is 0.167. The molecule has 0 saturated carbocycles. The van der Waals surface area contributed by atoms with Gasteiger partial charge in [0.1, 0.15) is 24.9 Å². The first-order valence-electron chi connectivity index (χ1n) is 7.50. The normalized spacial score (nSPS) is 15.6. The number of rotatable bonds is 2. The maximum Gasteiger partial charge on any atom is -1.00 e. The monoisotopic (exact) mass is 433 g/mol. The zero-order chi connectivity index (χ0) is 20.5. The standard InChI is InChI=1S/C14H18N5O2.F5P.FH/c1-18(2)14(19-7-9-20-10-8-19)21-17-13(11-15)12-5-3-4-6-16-12;1-6(2,3,4)5;/h3-6H,7-10H2,1-2H3;;1H/q+1;;/p-1/b17-13-;;. The minimum Gasteiger partial charge on any atom is -1.00 e. The molecule has 0 unspecified atom stereocenters. The van der Waals surface area contributed by atoms with Gasteiger partial charge >= 0.3 is 35.2 Å². The van der Waals surface area contributed by atoms with Crippen molar-refractivity contribution in [3.8, 4) is 6.07 Å². The Bertz CT molecular complexity index is 706. The van der Waals surface area contributed by atoms with Crippen LogP contribution in [0.5, 0.6) is 0 Å². The Labute approximate surface area is 157 Å². The molecular formula is C14H18F6N5O2P. The smallest absolute Gasteiger partial charge is 1.00 e. The van der Waals surface area contributed by atoms with Gasteiger partial charge in [-0.2, -0.15) is 5.26 Å². The third-order valence-electron chi connectivity index (χ3n) is 2.90. The number of ether oxygens (including phenoxy) is 1. The molecule has 0 aromatic carbocycles. The Morgan fingerprint density at radius 1 is 1.25 bits per heavy atom. The second-order valence-electron chi connectivity index (χ2n) is 5.27. The van der Waals surface area contributed by atoms with Gasteiger partial charge in [0.25, 0.3) is 0 Å². The minimum atomic E-state index is -8.55. The Kier molecular flexibility index (Phi) is 9.83. The van der Waals surface area contributed by atoms with E-state index in [1.54, 1.807) is 24.4 Å². The molecule has 2 heterocycles. The van der Waals surface area contributed by atoms with Gasteiger partial charge in [-0.25, -0.2) is 9.48 Å². The molecule has 1 aliphatic rings. The van der Waals surface area contributed by atoms with Crippen molar-refractivity contribution >= 4 is 19.9 Å². The zero-order valence-corrected chi connectivity index (χ0v) is 15.8. The molecule has 158 valence electrons. The van der Waals surface area contributed by atoms with Gasteiger partial charge in [0.2, 0.25) is 5.71 Å². The first-order chi connectivity index (χ1) is 12.5. The van der Waals surface area contributed by atoms with E-state index in [0.717, 1.165) is 13.1 Å². The SMILES string of the molecule is C[N+](C)=C(O/N=C(/C#N)c1ccccn1)N1CCOCC1.FP(F)(F)(F)F.[F-]. The Morgan fingerprint density at radius 3 is 2.25 bits per heavy atom. The largest absolute Gasteiger partial charge is 1.00 e. The van der Waals surface area contributed by atoms with Crippen LogP contribution in [0.25, 0.3) is 0 Å². The summed E-state index contributed by atoms with van der Waals surface area (Å²) >= 11 is 0. The topological polar surface area (TPSA) is 73.8 Å². The van der Waals surface area contributed by atoms with Gasteiger partial charge < -0.3 is 9.44 Å². The van der Waals surface area contributed by atoms with Crippen LogP contribution in [-0.4, -0.2) is 66.6 Å². The van der Waals surface area contributed by atoms with Crippen LogP contribution < -0.4 is 4.70 Å². The van der Waals surface area contributed by atoms with E-state index in [9.17, 15) is 26.2 Å². The van der Waals surface area contributed by atoms with Gasteiger partial charge in [-0.3, -0.25) is 9.82 Å². The molecule has 1 aromatic rings. The van der Waals surface area contributed by atoms with Gasteiger partial charge in [0.15, 0.2) is 0 Å². The van der Waals surface area contributed by atoms with Crippen molar-refractivity contribution < 1.29 is 39.8 Å². The van der Waals surface area contributed by atoms with Crippen LogP contribution in [0.2, 0.25) is 0 Å². The van der Waals surface area contributed by atoms with Crippen LogP contribution in [0, 0.1) is 11.3 Å². The van der Waals surface area contributed by atoms with Crippen LogP contribution in [0.1, 0.15) is 5.69 Å². The first-order valence-corrected chi connectivity index (χ1v) is 9.19. The summed E-state index contributed by atoms with van der Waals surface area (Å²) in [5, 5.41) is 13.1. The minimum absolute atomic E-state index is 0. The van der Waals surface area contributed by atoms with Crippen molar-refractivity contribution in [2.45, 2.75) is 0 Å². The summed E-state index contributed by atoms with van der Waals surface area (Å²) in [6.45, 7) is 2.76. The van der Waals surface area contributed by atoms with E-state index < -0.39 is 8.16 Å². The van der Waals surface area contributed by atoms with E-state index in [2.05, 4.69) is 10.1 Å². The summed E-state index contributed by atoms with van der Waals surface area (Å²) in [5.74, 6) is 0. The number of aromatic nitrogens is 1. The molecule has 1 aromatic heterocycles. The number of pyridine rings is 1. The predicted molar refractivity (Wildman–Crippen MR) is 89.4 cm³/mol. The van der Waals surface area contributed by atoms with Crippen molar-refractivity contribution in [3.05, 3.63) is 30.1 Å². The molecule has 0 aliphatic carbocycles. The van der Waals surface area contributed by atoms with Gasteiger partial charge in [0.05, 0.1) is 27.3 Å². The molecule has 1 aliphatic heterocycles. The molecular weight excluding hydrogens is 415 g/mol. The third kappa shape index (κ3) is 11.3. The average Bonchev–Trinajstić information content (AvgIpc) is 2.58. The zero-order valence-electron chi connectivity index (χ0n) is 14.9. The summed E-state index contributed by atoms with van der Waals surface area (Å²) in [4.78, 5) is 11.6. The first kappa shape index (κ1) is 25.6. The number of nitrogens with zero attached hydrogens (tertiary/aromatic N) is 5. The van der Waals surface area contributed by atoms with Crippen molar-refractivity contribution in [2.24, 2.45) is 5.16 Å². The van der Waals surface area contributed by atoms with Crippen molar-refractivity contribution in [1.29, 1.82) is 5.26 Å². The van der Waals surface area contributed by atoms with Crippen LogP contribution >= 0.6 is 8.16 Å². The van der Waals surface area contributed by atoms with Crippen LogP contribution in [0.3, 0.4) is 0 Å². The molecule has 2 rings (SSSR count). The van der Waals surface area contributed by atoms with Gasteiger partial charge in [-0.1, -0.05) is 11.2 Å². The molecule has 7 nitrogen and oxygen atoms in total. The maximum absolute atomic E-state index is 9.84. The van der Waals surface area contributed by atoms with E-state index >= 15 is 0 Å². The fourth-order valence-electron chi connectivity index (χ4n) is 1.89. The second kappa shape index (κ2) is 10.8. The Hall–Kier alpha value is -2.45. The maximum atomic E-state index is 9.84. The summed E-state index contributed by atoms with van der Waals surface area (Å²) in [7, 11) is -4.81. The fraction of sp³-hybridized carbons (Fsp3) is 0.429. The predicted octanol–water partition coefficient (Wildman–Crippen LogP) is 0.252. The van der Waals surface area contributed by atoms with Crippen molar-refractivity contribution in [3.63, 3.8) is 0 Å². The van der Waals surface area contributed by atoms with Crippen molar-refractivity contribution in [2.75, 3.05) is 40.4 Å². The molecule has 0 amide bonds. The second-order valence-corrected chi connectivity index (χ2v) is 6.55. The van der Waals surface area contributed by atoms with E-state index in [1.165, 1.54) is 0 Å². The fourth-order valence-corrected chi connectivity index (χ4v) is 1.89. The molecule has 1 saturated heterocycles. The molecule has 0 radical (unpaired) electrons. The van der Waals surface area contributed by atoms with Gasteiger partial charge in [-0.05, 0) is 12.1 Å². The molecule has 1 fully saturated rings. The Balaban J connectivity index is 0.000000910.